The van der Waals surface area contributed by atoms with Crippen LogP contribution in [0.25, 0.3) is 0 Å². The summed E-state index contributed by atoms with van der Waals surface area (Å²) in [4.78, 5) is 16.2. The number of esters is 1. The van der Waals surface area contributed by atoms with Gasteiger partial charge < -0.3 is 9.64 Å². The number of carbonyl (C=O) groups is 1. The molecule has 1 fully saturated rings. The fourth-order valence-electron chi connectivity index (χ4n) is 2.06. The number of hydrogen-bond acceptors (Lipinski definition) is 4. The minimum absolute atomic E-state index is 0.0799. The summed E-state index contributed by atoms with van der Waals surface area (Å²) < 4.78 is 4.86. The summed E-state index contributed by atoms with van der Waals surface area (Å²) in [5.41, 5.74) is 0. The van der Waals surface area contributed by atoms with Gasteiger partial charge in [0.1, 0.15) is 6.04 Å². The Balaban J connectivity index is 2.60. The van der Waals surface area contributed by atoms with Crippen LogP contribution in [0, 0.1) is 5.92 Å². The van der Waals surface area contributed by atoms with Crippen molar-refractivity contribution in [2.45, 2.75) is 19.9 Å². The van der Waals surface area contributed by atoms with E-state index in [-0.39, 0.29) is 12.0 Å². The third kappa shape index (κ3) is 3.18. The maximum Gasteiger partial charge on any atom is 0.323 e. The van der Waals surface area contributed by atoms with Crippen LogP contribution in [0.15, 0.2) is 0 Å². The van der Waals surface area contributed by atoms with Crippen LogP contribution in [-0.4, -0.2) is 62.1 Å². The van der Waals surface area contributed by atoms with Crippen molar-refractivity contribution in [2.24, 2.45) is 5.92 Å². The molecule has 0 spiro atoms. The van der Waals surface area contributed by atoms with Crippen molar-refractivity contribution in [3.63, 3.8) is 0 Å². The van der Waals surface area contributed by atoms with Gasteiger partial charge in [-0.25, -0.2) is 0 Å². The fourth-order valence-corrected chi connectivity index (χ4v) is 2.06. The molecule has 1 aliphatic heterocycles. The number of carbonyl (C=O) groups excluding carboxylic acids is 1. The Morgan fingerprint density at radius 1 is 1.20 bits per heavy atom. The zero-order valence-electron chi connectivity index (χ0n) is 10.2. The topological polar surface area (TPSA) is 32.8 Å². The van der Waals surface area contributed by atoms with E-state index in [1.54, 1.807) is 0 Å². The highest BCUT2D eigenvalue weighted by molar-refractivity contribution is 5.76. The second-order valence-corrected chi connectivity index (χ2v) is 4.55. The van der Waals surface area contributed by atoms with Gasteiger partial charge in [0.2, 0.25) is 0 Å². The molecular formula is C11H22N2O2. The van der Waals surface area contributed by atoms with Gasteiger partial charge in [-0.3, -0.25) is 9.69 Å². The smallest absolute Gasteiger partial charge is 0.323 e. The van der Waals surface area contributed by atoms with Crippen molar-refractivity contribution >= 4 is 5.97 Å². The Hall–Kier alpha value is -0.610. The Morgan fingerprint density at radius 3 is 2.13 bits per heavy atom. The minimum Gasteiger partial charge on any atom is -0.468 e. The number of nitrogens with zero attached hydrogens (tertiary/aromatic N) is 2. The third-order valence-electron chi connectivity index (χ3n) is 3.01. The molecular weight excluding hydrogens is 192 g/mol. The zero-order chi connectivity index (χ0) is 11.4. The lowest BCUT2D eigenvalue weighted by Crippen LogP contribution is -2.53. The molecule has 1 aliphatic rings. The molecule has 0 radical (unpaired) electrons. The molecule has 1 saturated heterocycles. The van der Waals surface area contributed by atoms with Crippen molar-refractivity contribution in [3.05, 3.63) is 0 Å². The highest BCUT2D eigenvalue weighted by Crippen LogP contribution is 2.14. The van der Waals surface area contributed by atoms with E-state index < -0.39 is 0 Å². The quantitative estimate of drug-likeness (QED) is 0.638. The van der Waals surface area contributed by atoms with Crippen molar-refractivity contribution in [2.75, 3.05) is 40.3 Å². The predicted octanol–water partition coefficient (Wildman–Crippen LogP) is 0.431. The van der Waals surface area contributed by atoms with Crippen LogP contribution in [0.1, 0.15) is 13.8 Å². The molecule has 0 amide bonds. The number of hydrogen-bond donors (Lipinski definition) is 0. The standard InChI is InChI=1S/C11H22N2O2/c1-9(2)10(11(14)15-4)13-7-5-12(3)6-8-13/h9-10H,5-8H2,1-4H3/t10-/m1/s1. The van der Waals surface area contributed by atoms with Crippen molar-refractivity contribution in [1.29, 1.82) is 0 Å². The van der Waals surface area contributed by atoms with Gasteiger partial charge in [-0.2, -0.15) is 0 Å². The number of likely N-dealkylation sites (N-methyl/N-ethyl adjacent to an activating group) is 1. The maximum absolute atomic E-state index is 11.7. The molecule has 1 atom stereocenters. The van der Waals surface area contributed by atoms with E-state index in [4.69, 9.17) is 4.74 Å². The molecule has 88 valence electrons. The van der Waals surface area contributed by atoms with Gasteiger partial charge in [-0.15, -0.1) is 0 Å². The Bertz CT molecular complexity index is 211. The fraction of sp³-hybridized carbons (Fsp3) is 0.909. The molecule has 15 heavy (non-hydrogen) atoms. The number of piperazine rings is 1. The lowest BCUT2D eigenvalue weighted by molar-refractivity contribution is -0.149. The second-order valence-electron chi connectivity index (χ2n) is 4.55. The SMILES string of the molecule is COC(=O)[C@@H](C(C)C)N1CCN(C)CC1. The molecule has 0 N–H and O–H groups in total. The van der Waals surface area contributed by atoms with E-state index in [1.807, 2.05) is 0 Å². The molecule has 0 aliphatic carbocycles. The number of ether oxygens (including phenoxy) is 1. The first-order valence-electron chi connectivity index (χ1n) is 5.56. The van der Waals surface area contributed by atoms with Gasteiger partial charge in [-0.1, -0.05) is 13.8 Å². The van der Waals surface area contributed by atoms with E-state index in [1.165, 1.54) is 7.11 Å². The lowest BCUT2D eigenvalue weighted by atomic mass is 10.0. The molecule has 0 aromatic heterocycles. The van der Waals surface area contributed by atoms with Crippen LogP contribution in [0.4, 0.5) is 0 Å². The van der Waals surface area contributed by atoms with Crippen LogP contribution >= 0.6 is 0 Å². The molecule has 0 unspecified atom stereocenters. The normalized spacial score (nSPS) is 21.7. The van der Waals surface area contributed by atoms with Crippen LogP contribution in [0.3, 0.4) is 0 Å². The van der Waals surface area contributed by atoms with E-state index in [0.29, 0.717) is 5.92 Å². The summed E-state index contributed by atoms with van der Waals surface area (Å²) >= 11 is 0. The monoisotopic (exact) mass is 214 g/mol. The molecule has 0 aromatic carbocycles. The predicted molar refractivity (Wildman–Crippen MR) is 59.7 cm³/mol. The van der Waals surface area contributed by atoms with Gasteiger partial charge >= 0.3 is 5.97 Å². The Kier molecular flexibility index (Phi) is 4.54. The first-order valence-corrected chi connectivity index (χ1v) is 5.56. The van der Waals surface area contributed by atoms with Gasteiger partial charge in [0.05, 0.1) is 7.11 Å². The zero-order valence-corrected chi connectivity index (χ0v) is 10.2. The largest absolute Gasteiger partial charge is 0.468 e. The molecule has 0 bridgehead atoms. The second kappa shape index (κ2) is 5.47. The van der Waals surface area contributed by atoms with Gasteiger partial charge in [0.15, 0.2) is 0 Å². The van der Waals surface area contributed by atoms with Gasteiger partial charge in [0, 0.05) is 26.2 Å². The van der Waals surface area contributed by atoms with Gasteiger partial charge in [-0.05, 0) is 13.0 Å². The Labute approximate surface area is 92.2 Å². The molecule has 0 aromatic rings. The van der Waals surface area contributed by atoms with Crippen LogP contribution in [-0.2, 0) is 9.53 Å². The van der Waals surface area contributed by atoms with Crippen LogP contribution < -0.4 is 0 Å². The highest BCUT2D eigenvalue weighted by atomic mass is 16.5. The molecule has 0 saturated carbocycles. The van der Waals surface area contributed by atoms with Crippen molar-refractivity contribution in [1.82, 2.24) is 9.80 Å². The summed E-state index contributed by atoms with van der Waals surface area (Å²) in [7, 11) is 3.58. The minimum atomic E-state index is -0.102. The van der Waals surface area contributed by atoms with E-state index in [2.05, 4.69) is 30.7 Å². The first kappa shape index (κ1) is 12.5. The maximum atomic E-state index is 11.7. The average Bonchev–Trinajstić information content (AvgIpc) is 2.20. The summed E-state index contributed by atoms with van der Waals surface area (Å²) in [6.45, 7) is 8.10. The Morgan fingerprint density at radius 2 is 1.73 bits per heavy atom. The number of methoxy groups -OCH3 is 1. The van der Waals surface area contributed by atoms with Gasteiger partial charge in [0.25, 0.3) is 0 Å². The van der Waals surface area contributed by atoms with Crippen LogP contribution in [0.5, 0.6) is 0 Å². The summed E-state index contributed by atoms with van der Waals surface area (Å²) in [6, 6.07) is -0.0799. The molecule has 4 heteroatoms. The summed E-state index contributed by atoms with van der Waals surface area (Å²) in [5.74, 6) is 0.204. The highest BCUT2D eigenvalue weighted by Gasteiger charge is 2.31. The number of rotatable bonds is 3. The lowest BCUT2D eigenvalue weighted by Gasteiger charge is -2.38. The summed E-state index contributed by atoms with van der Waals surface area (Å²) in [5, 5.41) is 0. The van der Waals surface area contributed by atoms with Crippen LogP contribution in [0.2, 0.25) is 0 Å². The van der Waals surface area contributed by atoms with E-state index in [0.717, 1.165) is 26.2 Å². The molecule has 4 nitrogen and oxygen atoms in total. The third-order valence-corrected chi connectivity index (χ3v) is 3.01. The molecule has 1 heterocycles. The average molecular weight is 214 g/mol. The van der Waals surface area contributed by atoms with E-state index >= 15 is 0 Å². The summed E-state index contributed by atoms with van der Waals surface area (Å²) in [6.07, 6.45) is 0. The molecule has 1 rings (SSSR count). The van der Waals surface area contributed by atoms with E-state index in [9.17, 15) is 4.79 Å². The van der Waals surface area contributed by atoms with Crippen molar-refractivity contribution < 1.29 is 9.53 Å². The first-order chi connectivity index (χ1) is 7.06. The van der Waals surface area contributed by atoms with Crippen molar-refractivity contribution in [3.8, 4) is 0 Å².